The number of ether oxygens (including phenoxy) is 2. The molecule has 0 spiro atoms. The summed E-state index contributed by atoms with van der Waals surface area (Å²) in [6, 6.07) is 0. The maximum atomic E-state index is 11.4. The molecule has 2 aliphatic rings. The van der Waals surface area contributed by atoms with Gasteiger partial charge in [-0.05, 0) is 55.8 Å². The molecule has 0 aromatic heterocycles. The van der Waals surface area contributed by atoms with Crippen LogP contribution in [0.25, 0.3) is 0 Å². The zero-order chi connectivity index (χ0) is 19.6. The van der Waals surface area contributed by atoms with Crippen molar-refractivity contribution in [3.8, 4) is 0 Å². The molecule has 2 saturated carbocycles. The van der Waals surface area contributed by atoms with Gasteiger partial charge in [0.15, 0.2) is 0 Å². The van der Waals surface area contributed by atoms with Crippen molar-refractivity contribution in [2.24, 2.45) is 29.6 Å². The topological polar surface area (TPSA) is 52.6 Å². The largest absolute Gasteiger partial charge is 0.462 e. The third-order valence-corrected chi connectivity index (χ3v) is 6.54. The zero-order valence-electron chi connectivity index (χ0n) is 16.9. The van der Waals surface area contributed by atoms with Crippen molar-refractivity contribution < 1.29 is 19.1 Å². The molecule has 4 heteroatoms. The first-order chi connectivity index (χ1) is 13.0. The minimum atomic E-state index is -0.426. The predicted molar refractivity (Wildman–Crippen MR) is 107 cm³/mol. The van der Waals surface area contributed by atoms with Gasteiger partial charge in [0, 0.05) is 18.1 Å². The molecule has 0 N–H and O–H groups in total. The van der Waals surface area contributed by atoms with Crippen LogP contribution in [0.15, 0.2) is 25.3 Å². The second-order valence-corrected chi connectivity index (χ2v) is 8.57. The molecule has 0 aromatic carbocycles. The van der Waals surface area contributed by atoms with Gasteiger partial charge in [-0.3, -0.25) is 0 Å². The van der Waals surface area contributed by atoms with E-state index < -0.39 is 11.9 Å². The number of carbonyl (C=O) groups excluding carboxylic acids is 2. The SMILES string of the molecule is C=CC(=O)OCC(COC(=O)C=C)CC1CCC(C2CCC(C)CC2)CC1. The van der Waals surface area contributed by atoms with Gasteiger partial charge in [0.1, 0.15) is 0 Å². The molecule has 152 valence electrons. The van der Waals surface area contributed by atoms with E-state index in [2.05, 4.69) is 20.1 Å². The molecule has 2 aliphatic carbocycles. The van der Waals surface area contributed by atoms with Crippen molar-refractivity contribution in [1.82, 2.24) is 0 Å². The molecular weight excluding hydrogens is 340 g/mol. The van der Waals surface area contributed by atoms with E-state index in [9.17, 15) is 9.59 Å². The first-order valence-electron chi connectivity index (χ1n) is 10.6. The summed E-state index contributed by atoms with van der Waals surface area (Å²) in [6.45, 7) is 9.78. The van der Waals surface area contributed by atoms with Gasteiger partial charge in [-0.1, -0.05) is 45.8 Å². The third-order valence-electron chi connectivity index (χ3n) is 6.54. The lowest BCUT2D eigenvalue weighted by molar-refractivity contribution is -0.143. The van der Waals surface area contributed by atoms with E-state index >= 15 is 0 Å². The average Bonchev–Trinajstić information content (AvgIpc) is 2.70. The van der Waals surface area contributed by atoms with Gasteiger partial charge >= 0.3 is 11.9 Å². The second-order valence-electron chi connectivity index (χ2n) is 8.57. The smallest absolute Gasteiger partial charge is 0.330 e. The van der Waals surface area contributed by atoms with Gasteiger partial charge in [0.05, 0.1) is 13.2 Å². The van der Waals surface area contributed by atoms with Crippen LogP contribution in [0.3, 0.4) is 0 Å². The maximum absolute atomic E-state index is 11.4. The van der Waals surface area contributed by atoms with Crippen LogP contribution in [-0.4, -0.2) is 25.2 Å². The Balaban J connectivity index is 1.78. The van der Waals surface area contributed by atoms with Crippen LogP contribution in [0.2, 0.25) is 0 Å². The van der Waals surface area contributed by atoms with Crippen molar-refractivity contribution in [1.29, 1.82) is 0 Å². The highest BCUT2D eigenvalue weighted by Gasteiger charge is 2.31. The molecule has 2 rings (SSSR count). The number of hydrogen-bond acceptors (Lipinski definition) is 4. The Morgan fingerprint density at radius 3 is 1.74 bits per heavy atom. The molecule has 0 aromatic rings. The lowest BCUT2D eigenvalue weighted by Crippen LogP contribution is -2.28. The van der Waals surface area contributed by atoms with Crippen LogP contribution < -0.4 is 0 Å². The van der Waals surface area contributed by atoms with Crippen LogP contribution in [0.5, 0.6) is 0 Å². The quantitative estimate of drug-likeness (QED) is 0.416. The van der Waals surface area contributed by atoms with Crippen molar-refractivity contribution >= 4 is 11.9 Å². The highest BCUT2D eigenvalue weighted by atomic mass is 16.5. The van der Waals surface area contributed by atoms with Gasteiger partial charge in [-0.25, -0.2) is 9.59 Å². The molecule has 0 amide bonds. The van der Waals surface area contributed by atoms with Gasteiger partial charge in [-0.2, -0.15) is 0 Å². The lowest BCUT2D eigenvalue weighted by Gasteiger charge is -2.38. The van der Waals surface area contributed by atoms with Crippen LogP contribution in [0, 0.1) is 29.6 Å². The molecule has 0 aliphatic heterocycles. The molecule has 2 fully saturated rings. The summed E-state index contributed by atoms with van der Waals surface area (Å²) in [6.07, 6.45) is 14.0. The van der Waals surface area contributed by atoms with E-state index in [1.807, 2.05) is 0 Å². The fourth-order valence-electron chi connectivity index (χ4n) is 4.83. The molecule has 0 saturated heterocycles. The summed E-state index contributed by atoms with van der Waals surface area (Å²) in [5, 5.41) is 0. The van der Waals surface area contributed by atoms with Crippen molar-refractivity contribution in [3.63, 3.8) is 0 Å². The van der Waals surface area contributed by atoms with Crippen molar-refractivity contribution in [2.45, 2.75) is 64.7 Å². The summed E-state index contributed by atoms with van der Waals surface area (Å²) in [5.41, 5.74) is 0. The molecule has 0 heterocycles. The number of rotatable bonds is 9. The van der Waals surface area contributed by atoms with Crippen LogP contribution in [-0.2, 0) is 19.1 Å². The van der Waals surface area contributed by atoms with Gasteiger partial charge in [-0.15, -0.1) is 0 Å². The van der Waals surface area contributed by atoms with Crippen molar-refractivity contribution in [2.75, 3.05) is 13.2 Å². The summed E-state index contributed by atoms with van der Waals surface area (Å²) >= 11 is 0. The highest BCUT2D eigenvalue weighted by Crippen LogP contribution is 2.42. The Morgan fingerprint density at radius 2 is 1.30 bits per heavy atom. The minimum Gasteiger partial charge on any atom is -0.462 e. The molecule has 0 bridgehead atoms. The van der Waals surface area contributed by atoms with E-state index in [0.29, 0.717) is 5.92 Å². The van der Waals surface area contributed by atoms with Crippen LogP contribution >= 0.6 is 0 Å². The second kappa shape index (κ2) is 11.3. The highest BCUT2D eigenvalue weighted by molar-refractivity contribution is 5.81. The number of carbonyl (C=O) groups is 2. The standard InChI is InChI=1S/C23H36O4/c1-4-22(24)26-15-19(16-27-23(25)5-2)14-18-8-12-21(13-9-18)20-10-6-17(3)7-11-20/h4-5,17-21H,1-2,6-16H2,3H3. The first kappa shape index (κ1) is 21.7. The normalized spacial score (nSPS) is 28.4. The monoisotopic (exact) mass is 376 g/mol. The van der Waals surface area contributed by atoms with Crippen LogP contribution in [0.4, 0.5) is 0 Å². The summed E-state index contributed by atoms with van der Waals surface area (Å²) in [7, 11) is 0. The summed E-state index contributed by atoms with van der Waals surface area (Å²) in [5.74, 6) is 2.54. The lowest BCUT2D eigenvalue weighted by atomic mass is 9.68. The fourth-order valence-corrected chi connectivity index (χ4v) is 4.83. The zero-order valence-corrected chi connectivity index (χ0v) is 16.9. The van der Waals surface area contributed by atoms with E-state index in [1.165, 1.54) is 63.5 Å². The first-order valence-corrected chi connectivity index (χ1v) is 10.6. The molecule has 0 atom stereocenters. The number of hydrogen-bond donors (Lipinski definition) is 0. The molecule has 0 unspecified atom stereocenters. The molecular formula is C23H36O4. The summed E-state index contributed by atoms with van der Waals surface area (Å²) in [4.78, 5) is 22.8. The van der Waals surface area contributed by atoms with E-state index in [4.69, 9.17) is 9.47 Å². The Labute approximate surface area is 164 Å². The van der Waals surface area contributed by atoms with Crippen molar-refractivity contribution in [3.05, 3.63) is 25.3 Å². The molecule has 0 radical (unpaired) electrons. The summed E-state index contributed by atoms with van der Waals surface area (Å²) < 4.78 is 10.4. The third kappa shape index (κ3) is 7.51. The van der Waals surface area contributed by atoms with E-state index in [0.717, 1.165) is 24.2 Å². The molecule has 27 heavy (non-hydrogen) atoms. The van der Waals surface area contributed by atoms with Gasteiger partial charge < -0.3 is 9.47 Å². The van der Waals surface area contributed by atoms with Gasteiger partial charge in [0.2, 0.25) is 0 Å². The van der Waals surface area contributed by atoms with Gasteiger partial charge in [0.25, 0.3) is 0 Å². The number of esters is 2. The van der Waals surface area contributed by atoms with Crippen LogP contribution in [0.1, 0.15) is 64.7 Å². The van der Waals surface area contributed by atoms with E-state index in [1.54, 1.807) is 0 Å². The Hall–Kier alpha value is -1.58. The Bertz CT molecular complexity index is 473. The fraction of sp³-hybridized carbons (Fsp3) is 0.739. The predicted octanol–water partition coefficient (Wildman–Crippen LogP) is 5.08. The Morgan fingerprint density at radius 1 is 0.852 bits per heavy atom. The average molecular weight is 377 g/mol. The minimum absolute atomic E-state index is 0.0369. The van der Waals surface area contributed by atoms with E-state index in [-0.39, 0.29) is 19.1 Å². The maximum Gasteiger partial charge on any atom is 0.330 e. The Kier molecular flexibility index (Phi) is 9.09. The molecule has 4 nitrogen and oxygen atoms in total.